The Balaban J connectivity index is 4.33. The molecule has 0 heterocycles. The molecule has 6 nitrogen and oxygen atoms in total. The van der Waals surface area contributed by atoms with E-state index in [1.807, 2.05) is 0 Å². The summed E-state index contributed by atoms with van der Waals surface area (Å²) in [6.45, 7) is 6.56. The number of hydrogen-bond donors (Lipinski definition) is 0. The largest absolute Gasteiger partial charge is 0.462 e. The predicted molar refractivity (Wildman–Crippen MR) is 224 cm³/mol. The van der Waals surface area contributed by atoms with E-state index in [-0.39, 0.29) is 31.1 Å². The first-order chi connectivity index (χ1) is 26.0. The van der Waals surface area contributed by atoms with Gasteiger partial charge in [-0.25, -0.2) is 0 Å². The fourth-order valence-electron chi connectivity index (χ4n) is 6.46. The molecule has 0 aliphatic heterocycles. The summed E-state index contributed by atoms with van der Waals surface area (Å²) in [5.74, 6) is -0.885. The van der Waals surface area contributed by atoms with Crippen LogP contribution in [0.4, 0.5) is 0 Å². The van der Waals surface area contributed by atoms with Gasteiger partial charge in [0, 0.05) is 19.3 Å². The molecule has 0 aromatic carbocycles. The summed E-state index contributed by atoms with van der Waals surface area (Å²) in [6, 6.07) is 0. The maximum atomic E-state index is 12.7. The highest BCUT2D eigenvalue weighted by molar-refractivity contribution is 5.71. The average molecular weight is 747 g/mol. The molecular formula is C47H86O6. The van der Waals surface area contributed by atoms with Crippen LogP contribution in [0.25, 0.3) is 0 Å². The normalized spacial score (nSPS) is 12.1. The Kier molecular flexibility index (Phi) is 40.9. The number of hydrogen-bond acceptors (Lipinski definition) is 6. The molecule has 0 radical (unpaired) electrons. The predicted octanol–water partition coefficient (Wildman–Crippen LogP) is 14.4. The fraction of sp³-hybridized carbons (Fsp3) is 0.851. The maximum absolute atomic E-state index is 12.7. The van der Waals surface area contributed by atoms with Crippen LogP contribution in [-0.2, 0) is 28.6 Å². The second kappa shape index (κ2) is 42.6. The highest BCUT2D eigenvalue weighted by atomic mass is 16.6. The lowest BCUT2D eigenvalue weighted by atomic mass is 10.0. The third-order valence-electron chi connectivity index (χ3n) is 9.96. The lowest BCUT2D eigenvalue weighted by Gasteiger charge is -2.18. The van der Waals surface area contributed by atoms with Crippen LogP contribution in [0.5, 0.6) is 0 Å². The van der Waals surface area contributed by atoms with Gasteiger partial charge in [0.1, 0.15) is 13.2 Å². The summed E-state index contributed by atoms with van der Waals surface area (Å²) in [7, 11) is 0. The van der Waals surface area contributed by atoms with Crippen molar-refractivity contribution in [1.82, 2.24) is 0 Å². The van der Waals surface area contributed by atoms with Crippen molar-refractivity contribution in [1.29, 1.82) is 0 Å². The summed E-state index contributed by atoms with van der Waals surface area (Å²) in [4.78, 5) is 37.6. The van der Waals surface area contributed by atoms with Crippen molar-refractivity contribution >= 4 is 17.9 Å². The number of carbonyl (C=O) groups is 3. The quantitative estimate of drug-likeness (QED) is 0.0268. The van der Waals surface area contributed by atoms with Gasteiger partial charge >= 0.3 is 17.9 Å². The van der Waals surface area contributed by atoms with Gasteiger partial charge in [0.2, 0.25) is 0 Å². The van der Waals surface area contributed by atoms with Crippen LogP contribution in [0.1, 0.15) is 239 Å². The molecule has 0 N–H and O–H groups in total. The minimum atomic E-state index is -0.768. The summed E-state index contributed by atoms with van der Waals surface area (Å²) >= 11 is 0. The molecule has 53 heavy (non-hydrogen) atoms. The van der Waals surface area contributed by atoms with Gasteiger partial charge < -0.3 is 14.2 Å². The van der Waals surface area contributed by atoms with Crippen LogP contribution in [0, 0.1) is 0 Å². The second-order valence-electron chi connectivity index (χ2n) is 15.3. The molecular weight excluding hydrogens is 661 g/mol. The molecule has 0 bridgehead atoms. The molecule has 0 saturated heterocycles. The van der Waals surface area contributed by atoms with Crippen LogP contribution < -0.4 is 0 Å². The molecule has 0 spiro atoms. The first kappa shape index (κ1) is 50.9. The Morgan fingerprint density at radius 2 is 0.698 bits per heavy atom. The molecule has 0 aliphatic carbocycles. The summed E-state index contributed by atoms with van der Waals surface area (Å²) in [5, 5.41) is 0. The van der Waals surface area contributed by atoms with Crippen molar-refractivity contribution in [3.8, 4) is 0 Å². The molecule has 0 rings (SSSR count). The molecule has 1 atom stereocenters. The van der Waals surface area contributed by atoms with E-state index in [1.165, 1.54) is 122 Å². The number of allylic oxidation sites excluding steroid dienone is 4. The zero-order chi connectivity index (χ0) is 38.7. The SMILES string of the molecule is CCCC/C=C\C/C=C\CCCCCCCC(=O)OCC(COC(=O)CCCCCCCCCC)OC(=O)CCCCCCCCCCCCCCC. The second-order valence-corrected chi connectivity index (χ2v) is 15.3. The van der Waals surface area contributed by atoms with E-state index in [0.29, 0.717) is 19.3 Å². The third-order valence-corrected chi connectivity index (χ3v) is 9.96. The fourth-order valence-corrected chi connectivity index (χ4v) is 6.46. The lowest BCUT2D eigenvalue weighted by Crippen LogP contribution is -2.30. The summed E-state index contributed by atoms with van der Waals surface area (Å²) in [6.07, 6.45) is 45.9. The molecule has 0 aromatic heterocycles. The lowest BCUT2D eigenvalue weighted by molar-refractivity contribution is -0.167. The van der Waals surface area contributed by atoms with Gasteiger partial charge in [-0.15, -0.1) is 0 Å². The summed E-state index contributed by atoms with van der Waals surface area (Å²) in [5.41, 5.74) is 0. The van der Waals surface area contributed by atoms with Crippen LogP contribution in [-0.4, -0.2) is 37.2 Å². The van der Waals surface area contributed by atoms with Crippen LogP contribution >= 0.6 is 0 Å². The molecule has 1 unspecified atom stereocenters. The Hall–Kier alpha value is -2.11. The monoisotopic (exact) mass is 747 g/mol. The molecule has 0 amide bonds. The van der Waals surface area contributed by atoms with Gasteiger partial charge in [-0.3, -0.25) is 14.4 Å². The average Bonchev–Trinajstić information content (AvgIpc) is 3.15. The highest BCUT2D eigenvalue weighted by Gasteiger charge is 2.19. The van der Waals surface area contributed by atoms with E-state index < -0.39 is 6.10 Å². The van der Waals surface area contributed by atoms with E-state index in [1.54, 1.807) is 0 Å². The molecule has 0 aliphatic rings. The molecule has 0 saturated carbocycles. The number of rotatable bonds is 41. The molecule has 310 valence electrons. The van der Waals surface area contributed by atoms with Crippen LogP contribution in [0.2, 0.25) is 0 Å². The standard InChI is InChI=1S/C47H86O6/c1-4-7-10-13-16-19-21-23-25-26-28-31-34-37-40-46(49)52-43-44(42-51-45(48)39-36-33-30-18-15-12-9-6-3)53-47(50)41-38-35-32-29-27-24-22-20-17-14-11-8-5-2/h13,16,21,23,44H,4-12,14-15,17-20,22,24-43H2,1-3H3/b16-13-,23-21-. The Morgan fingerprint density at radius 1 is 0.377 bits per heavy atom. The Labute approximate surface area is 328 Å². The van der Waals surface area contributed by atoms with Gasteiger partial charge in [-0.1, -0.05) is 199 Å². The van der Waals surface area contributed by atoms with Crippen molar-refractivity contribution in [2.45, 2.75) is 245 Å². The van der Waals surface area contributed by atoms with Gasteiger partial charge in [0.15, 0.2) is 6.10 Å². The van der Waals surface area contributed by atoms with Crippen molar-refractivity contribution < 1.29 is 28.6 Å². The minimum Gasteiger partial charge on any atom is -0.462 e. The number of carbonyl (C=O) groups excluding carboxylic acids is 3. The Bertz CT molecular complexity index is 865. The Morgan fingerprint density at radius 3 is 1.09 bits per heavy atom. The zero-order valence-corrected chi connectivity index (χ0v) is 35.3. The van der Waals surface area contributed by atoms with Crippen molar-refractivity contribution in [3.05, 3.63) is 24.3 Å². The summed E-state index contributed by atoms with van der Waals surface area (Å²) < 4.78 is 16.7. The number of esters is 3. The number of unbranched alkanes of at least 4 members (excludes halogenated alkanes) is 26. The van der Waals surface area contributed by atoms with Crippen molar-refractivity contribution in [2.75, 3.05) is 13.2 Å². The van der Waals surface area contributed by atoms with Gasteiger partial charge in [-0.05, 0) is 44.9 Å². The molecule has 0 fully saturated rings. The topological polar surface area (TPSA) is 78.9 Å². The van der Waals surface area contributed by atoms with Crippen LogP contribution in [0.15, 0.2) is 24.3 Å². The maximum Gasteiger partial charge on any atom is 0.306 e. The smallest absolute Gasteiger partial charge is 0.306 e. The molecule has 6 heteroatoms. The highest BCUT2D eigenvalue weighted by Crippen LogP contribution is 2.15. The zero-order valence-electron chi connectivity index (χ0n) is 35.3. The first-order valence-corrected chi connectivity index (χ1v) is 22.8. The first-order valence-electron chi connectivity index (χ1n) is 22.8. The van der Waals surface area contributed by atoms with Crippen molar-refractivity contribution in [2.24, 2.45) is 0 Å². The van der Waals surface area contributed by atoms with E-state index >= 15 is 0 Å². The molecule has 0 aromatic rings. The van der Waals surface area contributed by atoms with E-state index in [4.69, 9.17) is 14.2 Å². The van der Waals surface area contributed by atoms with E-state index in [2.05, 4.69) is 45.1 Å². The van der Waals surface area contributed by atoms with Crippen molar-refractivity contribution in [3.63, 3.8) is 0 Å². The van der Waals surface area contributed by atoms with Gasteiger partial charge in [0.25, 0.3) is 0 Å². The number of ether oxygens (including phenoxy) is 3. The van der Waals surface area contributed by atoms with E-state index in [9.17, 15) is 14.4 Å². The van der Waals surface area contributed by atoms with E-state index in [0.717, 1.165) is 77.0 Å². The minimum absolute atomic E-state index is 0.0724. The van der Waals surface area contributed by atoms with Gasteiger partial charge in [0.05, 0.1) is 0 Å². The third kappa shape index (κ3) is 40.9. The van der Waals surface area contributed by atoms with Crippen LogP contribution in [0.3, 0.4) is 0 Å². The van der Waals surface area contributed by atoms with Gasteiger partial charge in [-0.2, -0.15) is 0 Å².